The molecule has 0 aliphatic heterocycles. The first-order valence-corrected chi connectivity index (χ1v) is 6.07. The van der Waals surface area contributed by atoms with Gasteiger partial charge in [0, 0.05) is 11.5 Å². The Labute approximate surface area is 107 Å². The molecule has 0 fully saturated rings. The van der Waals surface area contributed by atoms with Crippen LogP contribution in [-0.4, -0.2) is 6.61 Å². The Bertz CT molecular complexity index is 587. The topological polar surface area (TPSA) is 39.4 Å². The molecule has 0 amide bonds. The average molecular weight is 330 g/mol. The van der Waals surface area contributed by atoms with E-state index in [1.54, 1.807) is 0 Å². The number of hydrogen-bond acceptors (Lipinski definition) is 3. The summed E-state index contributed by atoms with van der Waals surface area (Å²) in [6, 6.07) is 5.32. The highest BCUT2D eigenvalue weighted by Crippen LogP contribution is 2.30. The first-order chi connectivity index (χ1) is 7.63. The summed E-state index contributed by atoms with van der Waals surface area (Å²) in [6.45, 7) is 4.42. The van der Waals surface area contributed by atoms with Crippen molar-refractivity contribution in [3.63, 3.8) is 0 Å². The second-order valence-electron chi connectivity index (χ2n) is 3.44. The number of aryl methyl sites for hydroxylation is 1. The van der Waals surface area contributed by atoms with Crippen molar-refractivity contribution < 1.29 is 9.15 Å². The number of fused-ring (bicyclic) bond motifs is 1. The van der Waals surface area contributed by atoms with Crippen LogP contribution in [0.1, 0.15) is 12.5 Å². The van der Waals surface area contributed by atoms with Gasteiger partial charge in [0.1, 0.15) is 5.75 Å². The normalized spacial score (nSPS) is 10.7. The van der Waals surface area contributed by atoms with E-state index in [0.717, 1.165) is 20.3 Å². The van der Waals surface area contributed by atoms with Crippen LogP contribution >= 0.6 is 22.6 Å². The minimum atomic E-state index is -0.323. The third kappa shape index (κ3) is 1.93. The lowest BCUT2D eigenvalue weighted by Crippen LogP contribution is -2.00. The first-order valence-electron chi connectivity index (χ1n) is 4.99. The highest BCUT2D eigenvalue weighted by atomic mass is 127. The second kappa shape index (κ2) is 4.45. The van der Waals surface area contributed by atoms with Crippen LogP contribution in [-0.2, 0) is 0 Å². The Hall–Kier alpha value is -1.04. The van der Waals surface area contributed by atoms with Crippen molar-refractivity contribution in [2.24, 2.45) is 0 Å². The molecule has 0 spiro atoms. The van der Waals surface area contributed by atoms with Crippen LogP contribution in [0.3, 0.4) is 0 Å². The maximum Gasteiger partial charge on any atom is 0.336 e. The van der Waals surface area contributed by atoms with Gasteiger partial charge in [-0.05, 0) is 54.1 Å². The predicted octanol–water partition coefficient (Wildman–Crippen LogP) is 3.10. The van der Waals surface area contributed by atoms with Crippen molar-refractivity contribution >= 4 is 33.6 Å². The quantitative estimate of drug-likeness (QED) is 0.627. The number of rotatable bonds is 2. The Morgan fingerprint density at radius 2 is 2.19 bits per heavy atom. The van der Waals surface area contributed by atoms with E-state index in [1.165, 1.54) is 6.07 Å². The second-order valence-corrected chi connectivity index (χ2v) is 4.51. The molecule has 0 aliphatic rings. The summed E-state index contributed by atoms with van der Waals surface area (Å²) in [5.41, 5.74) is 1.21. The van der Waals surface area contributed by atoms with E-state index in [0.29, 0.717) is 12.2 Å². The molecule has 0 saturated carbocycles. The third-order valence-electron chi connectivity index (χ3n) is 2.32. The molecule has 0 atom stereocenters. The average Bonchev–Trinajstić information content (AvgIpc) is 2.23. The fourth-order valence-electron chi connectivity index (χ4n) is 1.60. The Morgan fingerprint density at radius 1 is 1.44 bits per heavy atom. The monoisotopic (exact) mass is 330 g/mol. The molecule has 1 aromatic heterocycles. The molecule has 3 nitrogen and oxygen atoms in total. The minimum Gasteiger partial charge on any atom is -0.493 e. The third-order valence-corrected chi connectivity index (χ3v) is 3.34. The van der Waals surface area contributed by atoms with Crippen LogP contribution in [0.4, 0.5) is 0 Å². The number of benzene rings is 1. The van der Waals surface area contributed by atoms with Crippen LogP contribution in [0.25, 0.3) is 11.0 Å². The van der Waals surface area contributed by atoms with Crippen molar-refractivity contribution in [3.8, 4) is 5.75 Å². The molecule has 0 bridgehead atoms. The summed E-state index contributed by atoms with van der Waals surface area (Å²) in [5, 5.41) is 0.951. The van der Waals surface area contributed by atoms with E-state index in [9.17, 15) is 4.79 Å². The standard InChI is InChI=1S/C12H11IO3/c1-3-15-9-5-4-8-7(2)6-10(14)16-12(8)11(9)13/h4-6H,3H2,1-2H3. The van der Waals surface area contributed by atoms with Gasteiger partial charge in [-0.3, -0.25) is 0 Å². The largest absolute Gasteiger partial charge is 0.493 e. The van der Waals surface area contributed by atoms with Crippen LogP contribution in [0.5, 0.6) is 5.75 Å². The lowest BCUT2D eigenvalue weighted by atomic mass is 10.1. The molecule has 0 aliphatic carbocycles. The lowest BCUT2D eigenvalue weighted by Gasteiger charge is -2.08. The van der Waals surface area contributed by atoms with Gasteiger partial charge in [-0.2, -0.15) is 0 Å². The Kier molecular flexibility index (Phi) is 3.18. The predicted molar refractivity (Wildman–Crippen MR) is 71.1 cm³/mol. The van der Waals surface area contributed by atoms with Gasteiger partial charge in [-0.1, -0.05) is 0 Å². The highest BCUT2D eigenvalue weighted by molar-refractivity contribution is 14.1. The molecular formula is C12H11IO3. The van der Waals surface area contributed by atoms with Crippen molar-refractivity contribution in [1.82, 2.24) is 0 Å². The molecule has 84 valence electrons. The van der Waals surface area contributed by atoms with Crippen molar-refractivity contribution in [2.75, 3.05) is 6.61 Å². The van der Waals surface area contributed by atoms with E-state index in [1.807, 2.05) is 26.0 Å². The maximum atomic E-state index is 11.3. The minimum absolute atomic E-state index is 0.323. The van der Waals surface area contributed by atoms with Gasteiger partial charge in [-0.25, -0.2) is 4.79 Å². The molecule has 0 radical (unpaired) electrons. The molecule has 16 heavy (non-hydrogen) atoms. The molecule has 0 saturated heterocycles. The van der Waals surface area contributed by atoms with Crippen LogP contribution in [0.15, 0.2) is 27.4 Å². The Morgan fingerprint density at radius 3 is 2.88 bits per heavy atom. The number of hydrogen-bond donors (Lipinski definition) is 0. The van der Waals surface area contributed by atoms with Gasteiger partial charge in [0.25, 0.3) is 0 Å². The van der Waals surface area contributed by atoms with Crippen molar-refractivity contribution in [3.05, 3.63) is 37.8 Å². The first kappa shape index (κ1) is 11.4. The molecule has 0 unspecified atom stereocenters. The van der Waals surface area contributed by atoms with E-state index in [4.69, 9.17) is 9.15 Å². The van der Waals surface area contributed by atoms with Gasteiger partial charge in [0.05, 0.1) is 10.2 Å². The molecular weight excluding hydrogens is 319 g/mol. The van der Waals surface area contributed by atoms with E-state index in [-0.39, 0.29) is 5.63 Å². The van der Waals surface area contributed by atoms with E-state index >= 15 is 0 Å². The molecule has 1 heterocycles. The van der Waals surface area contributed by atoms with Crippen LogP contribution in [0.2, 0.25) is 0 Å². The fourth-order valence-corrected chi connectivity index (χ4v) is 2.34. The number of ether oxygens (including phenoxy) is 1. The summed E-state index contributed by atoms with van der Waals surface area (Å²) in [6.07, 6.45) is 0. The van der Waals surface area contributed by atoms with Gasteiger partial charge in [0.2, 0.25) is 0 Å². The summed E-state index contributed by atoms with van der Waals surface area (Å²) in [4.78, 5) is 11.3. The fraction of sp³-hybridized carbons (Fsp3) is 0.250. The summed E-state index contributed by atoms with van der Waals surface area (Å²) >= 11 is 2.14. The van der Waals surface area contributed by atoms with Crippen LogP contribution in [0, 0.1) is 10.5 Å². The highest BCUT2D eigenvalue weighted by Gasteiger charge is 2.10. The van der Waals surface area contributed by atoms with E-state index in [2.05, 4.69) is 22.6 Å². The van der Waals surface area contributed by atoms with Crippen molar-refractivity contribution in [1.29, 1.82) is 0 Å². The molecule has 2 aromatic rings. The van der Waals surface area contributed by atoms with Crippen LogP contribution < -0.4 is 10.4 Å². The molecule has 1 aromatic carbocycles. The summed E-state index contributed by atoms with van der Waals surface area (Å²) in [7, 11) is 0. The summed E-state index contributed by atoms with van der Waals surface area (Å²) in [5.74, 6) is 0.754. The van der Waals surface area contributed by atoms with Gasteiger partial charge in [0.15, 0.2) is 5.58 Å². The Balaban J connectivity index is 2.78. The lowest BCUT2D eigenvalue weighted by molar-refractivity contribution is 0.337. The summed E-state index contributed by atoms with van der Waals surface area (Å²) < 4.78 is 11.5. The molecule has 4 heteroatoms. The zero-order chi connectivity index (χ0) is 11.7. The molecule has 2 rings (SSSR count). The maximum absolute atomic E-state index is 11.3. The zero-order valence-corrected chi connectivity index (χ0v) is 11.2. The van der Waals surface area contributed by atoms with Gasteiger partial charge < -0.3 is 9.15 Å². The number of halogens is 1. The van der Waals surface area contributed by atoms with Gasteiger partial charge in [-0.15, -0.1) is 0 Å². The van der Waals surface area contributed by atoms with Crippen molar-refractivity contribution in [2.45, 2.75) is 13.8 Å². The zero-order valence-electron chi connectivity index (χ0n) is 9.04. The smallest absolute Gasteiger partial charge is 0.336 e. The van der Waals surface area contributed by atoms with E-state index < -0.39 is 0 Å². The SMILES string of the molecule is CCOc1ccc2c(C)cc(=O)oc2c1I. The molecule has 0 N–H and O–H groups in total. The van der Waals surface area contributed by atoms with Gasteiger partial charge >= 0.3 is 5.63 Å².